The summed E-state index contributed by atoms with van der Waals surface area (Å²) in [5.41, 5.74) is 0.975. The summed E-state index contributed by atoms with van der Waals surface area (Å²) in [6, 6.07) is 2.06. The van der Waals surface area contributed by atoms with Crippen LogP contribution < -0.4 is 0 Å². The predicted octanol–water partition coefficient (Wildman–Crippen LogP) is 4.91. The lowest BCUT2D eigenvalue weighted by Gasteiger charge is -2.20. The Bertz CT molecular complexity index is 386. The molecule has 0 aromatic carbocycles. The van der Waals surface area contributed by atoms with Crippen molar-refractivity contribution >= 4 is 17.1 Å². The van der Waals surface area contributed by atoms with Crippen LogP contribution in [0, 0.1) is 19.8 Å². The molecule has 0 saturated heterocycles. The summed E-state index contributed by atoms with van der Waals surface area (Å²) >= 11 is 1.74. The Labute approximate surface area is 108 Å². The average molecular weight is 250 g/mol. The number of carbonyl (C=O) groups excluding carboxylic acids is 1. The normalized spacial score (nSPS) is 17.3. The summed E-state index contributed by atoms with van der Waals surface area (Å²) in [4.78, 5) is 14.6. The highest BCUT2D eigenvalue weighted by atomic mass is 32.1. The summed E-state index contributed by atoms with van der Waals surface area (Å²) in [6.45, 7) is 4.14. The number of hydrogen-bond acceptors (Lipinski definition) is 2. The van der Waals surface area contributed by atoms with Gasteiger partial charge in [-0.15, -0.1) is 11.3 Å². The van der Waals surface area contributed by atoms with Gasteiger partial charge in [0.05, 0.1) is 0 Å². The molecule has 2 rings (SSSR count). The fourth-order valence-corrected chi connectivity index (χ4v) is 3.80. The molecule has 17 heavy (non-hydrogen) atoms. The van der Waals surface area contributed by atoms with E-state index in [9.17, 15) is 4.79 Å². The molecular formula is C15H22OS. The average Bonchev–Trinajstić information content (AvgIpc) is 2.67. The molecule has 2 heteroatoms. The van der Waals surface area contributed by atoms with Crippen LogP contribution in [0.15, 0.2) is 6.07 Å². The SMILES string of the molecule is Cc1cc(C(=O)CCC2CCCCC2)c(C)s1. The molecule has 0 radical (unpaired) electrons. The fraction of sp³-hybridized carbons (Fsp3) is 0.667. The molecule has 1 aromatic heterocycles. The number of carbonyl (C=O) groups is 1. The lowest BCUT2D eigenvalue weighted by atomic mass is 9.85. The van der Waals surface area contributed by atoms with Crippen molar-refractivity contribution in [3.8, 4) is 0 Å². The van der Waals surface area contributed by atoms with Gasteiger partial charge in [0.15, 0.2) is 5.78 Å². The Balaban J connectivity index is 1.86. The Hall–Kier alpha value is -0.630. The molecule has 1 aromatic rings. The van der Waals surface area contributed by atoms with Gasteiger partial charge < -0.3 is 0 Å². The van der Waals surface area contributed by atoms with Crippen LogP contribution in [-0.4, -0.2) is 5.78 Å². The van der Waals surface area contributed by atoms with Crippen molar-refractivity contribution in [3.05, 3.63) is 21.4 Å². The Kier molecular flexibility index (Phi) is 4.38. The number of aryl methyl sites for hydroxylation is 2. The van der Waals surface area contributed by atoms with Gasteiger partial charge in [0, 0.05) is 21.7 Å². The summed E-state index contributed by atoms with van der Waals surface area (Å²) in [6.07, 6.45) is 8.68. The van der Waals surface area contributed by atoms with Gasteiger partial charge >= 0.3 is 0 Å². The second-order valence-electron chi connectivity index (χ2n) is 5.29. The Morgan fingerprint density at radius 3 is 2.59 bits per heavy atom. The Morgan fingerprint density at radius 1 is 1.29 bits per heavy atom. The molecule has 1 saturated carbocycles. The lowest BCUT2D eigenvalue weighted by Crippen LogP contribution is -2.09. The monoisotopic (exact) mass is 250 g/mol. The Morgan fingerprint density at radius 2 is 2.00 bits per heavy atom. The van der Waals surface area contributed by atoms with E-state index in [-0.39, 0.29) is 0 Å². The van der Waals surface area contributed by atoms with E-state index in [4.69, 9.17) is 0 Å². The minimum absolute atomic E-state index is 0.359. The van der Waals surface area contributed by atoms with E-state index >= 15 is 0 Å². The third kappa shape index (κ3) is 3.41. The van der Waals surface area contributed by atoms with Crippen molar-refractivity contribution in [3.63, 3.8) is 0 Å². The topological polar surface area (TPSA) is 17.1 Å². The summed E-state index contributed by atoms with van der Waals surface area (Å²) in [7, 11) is 0. The zero-order valence-electron chi connectivity index (χ0n) is 10.9. The minimum Gasteiger partial charge on any atom is -0.294 e. The highest BCUT2D eigenvalue weighted by molar-refractivity contribution is 7.12. The van der Waals surface area contributed by atoms with Crippen LogP contribution in [0.25, 0.3) is 0 Å². The second-order valence-corrected chi connectivity index (χ2v) is 6.75. The third-order valence-corrected chi connectivity index (χ3v) is 4.81. The molecule has 94 valence electrons. The molecule has 0 bridgehead atoms. The molecule has 0 atom stereocenters. The molecule has 1 aliphatic carbocycles. The third-order valence-electron chi connectivity index (χ3n) is 3.85. The first kappa shape index (κ1) is 12.8. The smallest absolute Gasteiger partial charge is 0.163 e. The number of ketones is 1. The fourth-order valence-electron chi connectivity index (χ4n) is 2.85. The number of thiophene rings is 1. The maximum atomic E-state index is 12.1. The summed E-state index contributed by atoms with van der Waals surface area (Å²) < 4.78 is 0. The van der Waals surface area contributed by atoms with Crippen LogP contribution in [0.5, 0.6) is 0 Å². The van der Waals surface area contributed by atoms with Crippen molar-refractivity contribution < 1.29 is 4.79 Å². The van der Waals surface area contributed by atoms with Crippen molar-refractivity contribution in [1.29, 1.82) is 0 Å². The number of hydrogen-bond donors (Lipinski definition) is 0. The molecule has 0 N–H and O–H groups in total. The zero-order chi connectivity index (χ0) is 12.3. The summed E-state index contributed by atoms with van der Waals surface area (Å²) in [5.74, 6) is 1.17. The van der Waals surface area contributed by atoms with E-state index in [1.807, 2.05) is 0 Å². The maximum Gasteiger partial charge on any atom is 0.163 e. The molecule has 0 unspecified atom stereocenters. The standard InChI is InChI=1S/C15H22OS/c1-11-10-14(12(2)17-11)15(16)9-8-13-6-4-3-5-7-13/h10,13H,3-9H2,1-2H3. The van der Waals surface area contributed by atoms with E-state index in [0.717, 1.165) is 24.3 Å². The molecule has 1 fully saturated rings. The van der Waals surface area contributed by atoms with Gasteiger partial charge in [-0.3, -0.25) is 4.79 Å². The van der Waals surface area contributed by atoms with Gasteiger partial charge in [-0.1, -0.05) is 32.1 Å². The van der Waals surface area contributed by atoms with Gasteiger partial charge in [0.2, 0.25) is 0 Å². The van der Waals surface area contributed by atoms with Gasteiger partial charge in [0.25, 0.3) is 0 Å². The molecule has 1 nitrogen and oxygen atoms in total. The largest absolute Gasteiger partial charge is 0.294 e. The van der Waals surface area contributed by atoms with Crippen LogP contribution in [0.2, 0.25) is 0 Å². The van der Waals surface area contributed by atoms with Crippen LogP contribution >= 0.6 is 11.3 Å². The van der Waals surface area contributed by atoms with Crippen molar-refractivity contribution in [2.24, 2.45) is 5.92 Å². The van der Waals surface area contributed by atoms with E-state index < -0.39 is 0 Å². The molecule has 0 spiro atoms. The van der Waals surface area contributed by atoms with E-state index in [0.29, 0.717) is 5.78 Å². The molecule has 0 aliphatic heterocycles. The predicted molar refractivity (Wildman–Crippen MR) is 73.9 cm³/mol. The van der Waals surface area contributed by atoms with Crippen molar-refractivity contribution in [2.75, 3.05) is 0 Å². The lowest BCUT2D eigenvalue weighted by molar-refractivity contribution is 0.0970. The first-order valence-electron chi connectivity index (χ1n) is 6.77. The first-order valence-corrected chi connectivity index (χ1v) is 7.58. The quantitative estimate of drug-likeness (QED) is 0.694. The van der Waals surface area contributed by atoms with E-state index in [1.165, 1.54) is 41.9 Å². The molecular weight excluding hydrogens is 228 g/mol. The highest BCUT2D eigenvalue weighted by Crippen LogP contribution is 2.29. The molecule has 1 heterocycles. The number of rotatable bonds is 4. The van der Waals surface area contributed by atoms with Gasteiger partial charge in [0.1, 0.15) is 0 Å². The zero-order valence-corrected chi connectivity index (χ0v) is 11.7. The molecule has 1 aliphatic rings. The second kappa shape index (κ2) is 5.81. The van der Waals surface area contributed by atoms with Gasteiger partial charge in [-0.25, -0.2) is 0 Å². The van der Waals surface area contributed by atoms with Crippen LogP contribution in [-0.2, 0) is 0 Å². The van der Waals surface area contributed by atoms with Gasteiger partial charge in [-0.05, 0) is 32.3 Å². The van der Waals surface area contributed by atoms with E-state index in [1.54, 1.807) is 11.3 Å². The van der Waals surface area contributed by atoms with Crippen LogP contribution in [0.1, 0.15) is 65.1 Å². The molecule has 0 amide bonds. The minimum atomic E-state index is 0.359. The summed E-state index contributed by atoms with van der Waals surface area (Å²) in [5, 5.41) is 0. The first-order chi connectivity index (χ1) is 8.16. The van der Waals surface area contributed by atoms with Crippen molar-refractivity contribution in [2.45, 2.75) is 58.8 Å². The highest BCUT2D eigenvalue weighted by Gasteiger charge is 2.17. The maximum absolute atomic E-state index is 12.1. The van der Waals surface area contributed by atoms with E-state index in [2.05, 4.69) is 19.9 Å². The van der Waals surface area contributed by atoms with Gasteiger partial charge in [-0.2, -0.15) is 0 Å². The van der Waals surface area contributed by atoms with Crippen molar-refractivity contribution in [1.82, 2.24) is 0 Å². The van der Waals surface area contributed by atoms with Crippen LogP contribution in [0.4, 0.5) is 0 Å². The number of Topliss-reactive ketones (excluding diaryl/α,β-unsaturated/α-hetero) is 1. The van der Waals surface area contributed by atoms with Crippen LogP contribution in [0.3, 0.4) is 0 Å².